The number of aliphatic hydroxyl groups is 1. The zero-order chi connectivity index (χ0) is 22.5. The lowest BCUT2D eigenvalue weighted by atomic mass is 10.2. The minimum atomic E-state index is -0.766. The van der Waals surface area contributed by atoms with Crippen molar-refractivity contribution in [1.82, 2.24) is 14.9 Å². The van der Waals surface area contributed by atoms with Crippen molar-refractivity contribution >= 4 is 21.8 Å². The second-order valence-corrected chi connectivity index (χ2v) is 7.27. The summed E-state index contributed by atoms with van der Waals surface area (Å²) in [6.45, 7) is 1.25. The molecule has 0 bridgehead atoms. The molecule has 0 spiro atoms. The summed E-state index contributed by atoms with van der Waals surface area (Å²) in [4.78, 5) is 29.3. The van der Waals surface area contributed by atoms with Gasteiger partial charge in [0.2, 0.25) is 5.88 Å². The van der Waals surface area contributed by atoms with E-state index >= 15 is 0 Å². The molecule has 0 saturated carbocycles. The number of hydrogen-bond acceptors (Lipinski definition) is 5. The van der Waals surface area contributed by atoms with Gasteiger partial charge in [0.05, 0.1) is 12.3 Å². The van der Waals surface area contributed by atoms with Crippen LogP contribution in [-0.2, 0) is 6.61 Å². The van der Waals surface area contributed by atoms with E-state index in [-0.39, 0.29) is 41.5 Å². The number of hydrogen-bond donors (Lipinski definition) is 2. The Balaban J connectivity index is 1.90. The largest absolute Gasteiger partial charge is 0.472 e. The van der Waals surface area contributed by atoms with Gasteiger partial charge in [0.1, 0.15) is 28.5 Å². The molecule has 1 aromatic heterocycles. The van der Waals surface area contributed by atoms with E-state index in [1.54, 1.807) is 25.1 Å². The van der Waals surface area contributed by atoms with Gasteiger partial charge in [-0.25, -0.2) is 8.78 Å². The molecule has 3 rings (SSSR count). The number of halogens is 3. The molecule has 1 heterocycles. The molecule has 31 heavy (non-hydrogen) atoms. The van der Waals surface area contributed by atoms with Gasteiger partial charge < -0.3 is 15.2 Å². The third-order valence-corrected chi connectivity index (χ3v) is 4.99. The first-order valence-electron chi connectivity index (χ1n) is 9.17. The number of ether oxygens (including phenoxy) is 1. The van der Waals surface area contributed by atoms with Crippen LogP contribution in [0.4, 0.5) is 8.78 Å². The molecule has 2 aromatic carbocycles. The van der Waals surface area contributed by atoms with E-state index in [4.69, 9.17) is 9.84 Å². The highest BCUT2D eigenvalue weighted by atomic mass is 79.9. The molecule has 0 aliphatic rings. The number of nitrogens with one attached hydrogen (secondary N) is 1. The summed E-state index contributed by atoms with van der Waals surface area (Å²) in [5.74, 6) is -1.63. The maximum Gasteiger partial charge on any atom is 0.276 e. The third kappa shape index (κ3) is 5.15. The molecule has 0 unspecified atom stereocenters. The first kappa shape index (κ1) is 22.6. The van der Waals surface area contributed by atoms with Gasteiger partial charge in [-0.15, -0.1) is 0 Å². The second-order valence-electron chi connectivity index (χ2n) is 6.47. The Bertz CT molecular complexity index is 1180. The first-order chi connectivity index (χ1) is 14.8. The van der Waals surface area contributed by atoms with Crippen LogP contribution >= 0.6 is 15.9 Å². The van der Waals surface area contributed by atoms with Gasteiger partial charge in [-0.2, -0.15) is 4.98 Å². The lowest BCUT2D eigenvalue weighted by molar-refractivity contribution is 0.0944. The SMILES string of the molecule is Cc1nc(OCc2ccc(F)cc2F)c(Br)c(=O)n1-c1cccc(C(=O)NCCO)c1. The Morgan fingerprint density at radius 2 is 2.03 bits per heavy atom. The number of aryl methyl sites for hydroxylation is 1. The number of aromatic nitrogens is 2. The Morgan fingerprint density at radius 1 is 1.26 bits per heavy atom. The average molecular weight is 494 g/mol. The highest BCUT2D eigenvalue weighted by Crippen LogP contribution is 2.22. The number of carbonyl (C=O) groups excluding carboxylic acids is 1. The predicted molar refractivity (Wildman–Crippen MR) is 112 cm³/mol. The fourth-order valence-corrected chi connectivity index (χ4v) is 3.21. The van der Waals surface area contributed by atoms with Crippen molar-refractivity contribution in [3.63, 3.8) is 0 Å². The molecule has 162 valence electrons. The number of benzene rings is 2. The van der Waals surface area contributed by atoms with Crippen molar-refractivity contribution in [2.45, 2.75) is 13.5 Å². The first-order valence-corrected chi connectivity index (χ1v) is 9.96. The zero-order valence-electron chi connectivity index (χ0n) is 16.4. The maximum absolute atomic E-state index is 13.8. The lowest BCUT2D eigenvalue weighted by Gasteiger charge is -2.14. The van der Waals surface area contributed by atoms with Crippen LogP contribution in [0.3, 0.4) is 0 Å². The summed E-state index contributed by atoms with van der Waals surface area (Å²) in [5.41, 5.74) is 0.331. The predicted octanol–water partition coefficient (Wildman–Crippen LogP) is 2.88. The molecular formula is C21H18BrF2N3O4. The van der Waals surface area contributed by atoms with Gasteiger partial charge in [-0.05, 0) is 53.2 Å². The van der Waals surface area contributed by atoms with Crippen molar-refractivity contribution in [3.05, 3.63) is 85.9 Å². The van der Waals surface area contributed by atoms with Crippen molar-refractivity contribution in [1.29, 1.82) is 0 Å². The van der Waals surface area contributed by atoms with Gasteiger partial charge in [0.15, 0.2) is 0 Å². The van der Waals surface area contributed by atoms with Crippen LogP contribution in [0.25, 0.3) is 5.69 Å². The summed E-state index contributed by atoms with van der Waals surface area (Å²) in [7, 11) is 0. The average Bonchev–Trinajstić information content (AvgIpc) is 2.75. The number of aliphatic hydroxyl groups excluding tert-OH is 1. The molecule has 0 aliphatic heterocycles. The van der Waals surface area contributed by atoms with Crippen molar-refractivity contribution in [2.24, 2.45) is 0 Å². The highest BCUT2D eigenvalue weighted by molar-refractivity contribution is 9.10. The van der Waals surface area contributed by atoms with Gasteiger partial charge in [-0.1, -0.05) is 6.07 Å². The fourth-order valence-electron chi connectivity index (χ4n) is 2.82. The minimum absolute atomic E-state index is 0.00996. The lowest BCUT2D eigenvalue weighted by Crippen LogP contribution is -2.27. The van der Waals surface area contributed by atoms with E-state index in [0.717, 1.165) is 12.1 Å². The number of rotatable bonds is 7. The molecule has 3 aromatic rings. The fraction of sp³-hybridized carbons (Fsp3) is 0.190. The standard InChI is InChI=1S/C21H18BrF2N3O4/c1-12-26-20(31-11-14-5-6-15(23)10-17(14)24)18(22)21(30)27(12)16-4-2-3-13(9-16)19(29)25-7-8-28/h2-6,9-10,28H,7-8,11H2,1H3,(H,25,29). The topological polar surface area (TPSA) is 93.5 Å². The molecule has 0 fully saturated rings. The van der Waals surface area contributed by atoms with E-state index in [0.29, 0.717) is 11.3 Å². The Kier molecular flexibility index (Phi) is 7.13. The van der Waals surface area contributed by atoms with Crippen LogP contribution < -0.4 is 15.6 Å². The molecule has 1 amide bonds. The summed E-state index contributed by atoms with van der Waals surface area (Å²) in [5, 5.41) is 11.4. The Morgan fingerprint density at radius 3 is 2.74 bits per heavy atom. The number of amides is 1. The quantitative estimate of drug-likeness (QED) is 0.527. The molecule has 0 aliphatic carbocycles. The molecule has 10 heteroatoms. The Labute approximate surface area is 184 Å². The molecule has 2 N–H and O–H groups in total. The van der Waals surface area contributed by atoms with E-state index in [9.17, 15) is 18.4 Å². The van der Waals surface area contributed by atoms with Gasteiger partial charge in [0, 0.05) is 23.7 Å². The smallest absolute Gasteiger partial charge is 0.276 e. The molecule has 0 atom stereocenters. The molecule has 7 nitrogen and oxygen atoms in total. The van der Waals surface area contributed by atoms with Crippen LogP contribution in [0, 0.1) is 18.6 Å². The van der Waals surface area contributed by atoms with E-state index in [1.165, 1.54) is 16.7 Å². The monoisotopic (exact) mass is 493 g/mol. The second kappa shape index (κ2) is 9.80. The van der Waals surface area contributed by atoms with Gasteiger partial charge in [0.25, 0.3) is 11.5 Å². The van der Waals surface area contributed by atoms with Crippen molar-refractivity contribution < 1.29 is 23.4 Å². The van der Waals surface area contributed by atoms with E-state index < -0.39 is 23.1 Å². The maximum atomic E-state index is 13.8. The summed E-state index contributed by atoms with van der Waals surface area (Å²) in [6, 6.07) is 9.45. The Hall–Kier alpha value is -3.11. The normalized spacial score (nSPS) is 10.7. The van der Waals surface area contributed by atoms with Crippen LogP contribution in [-0.4, -0.2) is 33.7 Å². The summed E-state index contributed by atoms with van der Waals surface area (Å²) >= 11 is 3.17. The van der Waals surface area contributed by atoms with Crippen LogP contribution in [0.1, 0.15) is 21.7 Å². The van der Waals surface area contributed by atoms with Crippen molar-refractivity contribution in [2.75, 3.05) is 13.2 Å². The van der Waals surface area contributed by atoms with E-state index in [1.807, 2.05) is 0 Å². The van der Waals surface area contributed by atoms with Gasteiger partial charge >= 0.3 is 0 Å². The highest BCUT2D eigenvalue weighted by Gasteiger charge is 2.17. The van der Waals surface area contributed by atoms with Crippen LogP contribution in [0.15, 0.2) is 51.7 Å². The minimum Gasteiger partial charge on any atom is -0.472 e. The van der Waals surface area contributed by atoms with Crippen LogP contribution in [0.2, 0.25) is 0 Å². The summed E-state index contributed by atoms with van der Waals surface area (Å²) < 4.78 is 33.6. The van der Waals surface area contributed by atoms with Crippen LogP contribution in [0.5, 0.6) is 5.88 Å². The summed E-state index contributed by atoms with van der Waals surface area (Å²) in [6.07, 6.45) is 0. The van der Waals surface area contributed by atoms with E-state index in [2.05, 4.69) is 26.2 Å². The van der Waals surface area contributed by atoms with Crippen molar-refractivity contribution in [3.8, 4) is 11.6 Å². The molecular weight excluding hydrogens is 476 g/mol. The number of nitrogens with zero attached hydrogens (tertiary/aromatic N) is 2. The van der Waals surface area contributed by atoms with Gasteiger partial charge in [-0.3, -0.25) is 14.2 Å². The zero-order valence-corrected chi connectivity index (χ0v) is 17.9. The third-order valence-electron chi connectivity index (χ3n) is 4.31. The molecule has 0 radical (unpaired) electrons. The molecule has 0 saturated heterocycles. The number of carbonyl (C=O) groups is 1.